The van der Waals surface area contributed by atoms with E-state index < -0.39 is 10.0 Å². The summed E-state index contributed by atoms with van der Waals surface area (Å²) in [6.45, 7) is 4.36. The lowest BCUT2D eigenvalue weighted by Gasteiger charge is -2.38. The first kappa shape index (κ1) is 13.4. The molecule has 1 aliphatic carbocycles. The highest BCUT2D eigenvalue weighted by Crippen LogP contribution is 2.39. The molecular formula is C13H20N2O2S. The summed E-state index contributed by atoms with van der Waals surface area (Å²) in [5.74, 6) is 0. The number of aryl methyl sites for hydroxylation is 1. The predicted molar refractivity (Wildman–Crippen MR) is 72.7 cm³/mol. The summed E-state index contributed by atoms with van der Waals surface area (Å²) in [6.07, 6.45) is 3.35. The van der Waals surface area contributed by atoms with E-state index in [1.54, 1.807) is 25.1 Å². The third-order valence-electron chi connectivity index (χ3n) is 3.76. The highest BCUT2D eigenvalue weighted by Gasteiger charge is 2.33. The number of hydrogen-bond donors (Lipinski definition) is 2. The Morgan fingerprint density at radius 2 is 2.06 bits per heavy atom. The molecule has 0 aromatic heterocycles. The van der Waals surface area contributed by atoms with E-state index in [-0.39, 0.29) is 10.3 Å². The first-order chi connectivity index (χ1) is 8.34. The van der Waals surface area contributed by atoms with Crippen LogP contribution in [0.3, 0.4) is 0 Å². The molecule has 0 saturated heterocycles. The van der Waals surface area contributed by atoms with Crippen LogP contribution in [-0.2, 0) is 10.0 Å². The van der Waals surface area contributed by atoms with Crippen LogP contribution in [0.2, 0.25) is 0 Å². The van der Waals surface area contributed by atoms with Gasteiger partial charge in [0.2, 0.25) is 10.0 Å². The van der Waals surface area contributed by atoms with Gasteiger partial charge in [-0.3, -0.25) is 0 Å². The van der Waals surface area contributed by atoms with E-state index in [2.05, 4.69) is 11.6 Å². The Bertz CT molecular complexity index is 528. The molecule has 0 atom stereocenters. The van der Waals surface area contributed by atoms with Crippen LogP contribution in [0, 0.1) is 12.3 Å². The number of sulfonamides is 1. The Labute approximate surface area is 109 Å². The average molecular weight is 268 g/mol. The SMILES string of the molecule is Cc1cccc(N)c1S(=O)(=O)NCC1(C)CCC1. The molecule has 1 aromatic rings. The van der Waals surface area contributed by atoms with E-state index in [0.717, 1.165) is 12.8 Å². The molecule has 0 spiro atoms. The van der Waals surface area contributed by atoms with Gasteiger partial charge in [-0.15, -0.1) is 0 Å². The van der Waals surface area contributed by atoms with Crippen LogP contribution in [0.25, 0.3) is 0 Å². The number of rotatable bonds is 4. The number of anilines is 1. The minimum absolute atomic E-state index is 0.116. The fourth-order valence-corrected chi connectivity index (χ4v) is 3.89. The largest absolute Gasteiger partial charge is 0.398 e. The lowest BCUT2D eigenvalue weighted by atomic mass is 9.71. The van der Waals surface area contributed by atoms with Crippen molar-refractivity contribution in [3.05, 3.63) is 23.8 Å². The normalized spacial score (nSPS) is 18.3. The molecule has 18 heavy (non-hydrogen) atoms. The van der Waals surface area contributed by atoms with Gasteiger partial charge in [-0.1, -0.05) is 25.5 Å². The van der Waals surface area contributed by atoms with Crippen molar-refractivity contribution in [2.24, 2.45) is 5.41 Å². The highest BCUT2D eigenvalue weighted by atomic mass is 32.2. The Morgan fingerprint density at radius 3 is 2.56 bits per heavy atom. The first-order valence-electron chi connectivity index (χ1n) is 6.19. The summed E-state index contributed by atoms with van der Waals surface area (Å²) in [6, 6.07) is 5.14. The van der Waals surface area contributed by atoms with Crippen molar-refractivity contribution in [1.29, 1.82) is 0 Å². The van der Waals surface area contributed by atoms with Crippen molar-refractivity contribution in [2.45, 2.75) is 38.0 Å². The van der Waals surface area contributed by atoms with Crippen molar-refractivity contribution in [3.63, 3.8) is 0 Å². The molecule has 3 N–H and O–H groups in total. The lowest BCUT2D eigenvalue weighted by molar-refractivity contribution is 0.166. The molecular weight excluding hydrogens is 248 g/mol. The Kier molecular flexibility index (Phi) is 3.38. The number of nitrogens with two attached hydrogens (primary N) is 1. The van der Waals surface area contributed by atoms with Crippen LogP contribution in [0.5, 0.6) is 0 Å². The maximum Gasteiger partial charge on any atom is 0.242 e. The maximum atomic E-state index is 12.3. The molecule has 0 radical (unpaired) electrons. The number of hydrogen-bond acceptors (Lipinski definition) is 3. The van der Waals surface area contributed by atoms with Crippen molar-refractivity contribution >= 4 is 15.7 Å². The number of benzene rings is 1. The van der Waals surface area contributed by atoms with Crippen LogP contribution >= 0.6 is 0 Å². The van der Waals surface area contributed by atoms with E-state index in [1.165, 1.54) is 6.42 Å². The van der Waals surface area contributed by atoms with Gasteiger partial charge >= 0.3 is 0 Å². The quantitative estimate of drug-likeness (QED) is 0.821. The van der Waals surface area contributed by atoms with Crippen molar-refractivity contribution < 1.29 is 8.42 Å². The first-order valence-corrected chi connectivity index (χ1v) is 7.67. The van der Waals surface area contributed by atoms with Crippen LogP contribution in [0.4, 0.5) is 5.69 Å². The fourth-order valence-electron chi connectivity index (χ4n) is 2.34. The summed E-state index contributed by atoms with van der Waals surface area (Å²) in [4.78, 5) is 0.216. The second-order valence-electron chi connectivity index (χ2n) is 5.48. The minimum Gasteiger partial charge on any atom is -0.398 e. The third-order valence-corrected chi connectivity index (χ3v) is 5.38. The van der Waals surface area contributed by atoms with Crippen LogP contribution < -0.4 is 10.5 Å². The van der Waals surface area contributed by atoms with Gasteiger partial charge in [-0.2, -0.15) is 0 Å². The fraction of sp³-hybridized carbons (Fsp3) is 0.538. The summed E-state index contributed by atoms with van der Waals surface area (Å²) in [5.41, 5.74) is 6.88. The second kappa shape index (κ2) is 4.55. The van der Waals surface area contributed by atoms with Gasteiger partial charge in [0.05, 0.1) is 5.69 Å². The molecule has 0 unspecified atom stereocenters. The maximum absolute atomic E-state index is 12.3. The zero-order chi connectivity index (χ0) is 13.4. The molecule has 1 fully saturated rings. The summed E-state index contributed by atoms with van der Waals surface area (Å²) < 4.78 is 27.2. The number of nitrogens with one attached hydrogen (secondary N) is 1. The van der Waals surface area contributed by atoms with E-state index in [0.29, 0.717) is 17.8 Å². The van der Waals surface area contributed by atoms with Gasteiger partial charge in [0.1, 0.15) is 4.90 Å². The smallest absolute Gasteiger partial charge is 0.242 e. The monoisotopic (exact) mass is 268 g/mol. The molecule has 2 rings (SSSR count). The highest BCUT2D eigenvalue weighted by molar-refractivity contribution is 7.89. The summed E-state index contributed by atoms with van der Waals surface area (Å²) in [7, 11) is -3.51. The molecule has 1 aromatic carbocycles. The van der Waals surface area contributed by atoms with Gasteiger partial charge in [0.25, 0.3) is 0 Å². The van der Waals surface area contributed by atoms with Crippen LogP contribution in [0.15, 0.2) is 23.1 Å². The van der Waals surface area contributed by atoms with Gasteiger partial charge in [-0.05, 0) is 36.8 Å². The Hall–Kier alpha value is -1.07. The average Bonchev–Trinajstić information content (AvgIpc) is 2.23. The van der Waals surface area contributed by atoms with Crippen LogP contribution in [0.1, 0.15) is 31.7 Å². The zero-order valence-corrected chi connectivity index (χ0v) is 11.7. The Balaban J connectivity index is 2.20. The van der Waals surface area contributed by atoms with Gasteiger partial charge in [-0.25, -0.2) is 13.1 Å². The molecule has 4 nitrogen and oxygen atoms in total. The standard InChI is InChI=1S/C13H20N2O2S/c1-10-5-3-6-11(14)12(10)18(16,17)15-9-13(2)7-4-8-13/h3,5-6,15H,4,7-9,14H2,1-2H3. The van der Waals surface area contributed by atoms with Gasteiger partial charge in [0, 0.05) is 6.54 Å². The van der Waals surface area contributed by atoms with Crippen molar-refractivity contribution in [3.8, 4) is 0 Å². The molecule has 1 aliphatic rings. The van der Waals surface area contributed by atoms with Gasteiger partial charge in [0.15, 0.2) is 0 Å². The van der Waals surface area contributed by atoms with Crippen LogP contribution in [-0.4, -0.2) is 15.0 Å². The second-order valence-corrected chi connectivity index (χ2v) is 7.19. The zero-order valence-electron chi connectivity index (χ0n) is 10.9. The summed E-state index contributed by atoms with van der Waals surface area (Å²) >= 11 is 0. The molecule has 0 heterocycles. The van der Waals surface area contributed by atoms with Gasteiger partial charge < -0.3 is 5.73 Å². The molecule has 0 amide bonds. The van der Waals surface area contributed by atoms with E-state index >= 15 is 0 Å². The topological polar surface area (TPSA) is 72.2 Å². The predicted octanol–water partition coefficient (Wildman–Crippen LogP) is 2.05. The third kappa shape index (κ3) is 2.52. The molecule has 0 bridgehead atoms. The van der Waals surface area contributed by atoms with E-state index in [4.69, 9.17) is 5.73 Å². The summed E-state index contributed by atoms with van der Waals surface area (Å²) in [5, 5.41) is 0. The number of nitrogen functional groups attached to an aromatic ring is 1. The molecule has 100 valence electrons. The lowest BCUT2D eigenvalue weighted by Crippen LogP contribution is -2.40. The van der Waals surface area contributed by atoms with E-state index in [9.17, 15) is 8.42 Å². The van der Waals surface area contributed by atoms with Crippen molar-refractivity contribution in [1.82, 2.24) is 4.72 Å². The molecule has 0 aliphatic heterocycles. The van der Waals surface area contributed by atoms with Crippen molar-refractivity contribution in [2.75, 3.05) is 12.3 Å². The Morgan fingerprint density at radius 1 is 1.39 bits per heavy atom. The molecule has 1 saturated carbocycles. The van der Waals surface area contributed by atoms with E-state index in [1.807, 2.05) is 0 Å². The minimum atomic E-state index is -3.51. The molecule has 5 heteroatoms.